The maximum absolute atomic E-state index is 5.75. The predicted molar refractivity (Wildman–Crippen MR) is 59.3 cm³/mol. The number of nitrogens with zero attached hydrogens (tertiary/aromatic N) is 1. The Labute approximate surface area is 87.6 Å². The van der Waals surface area contributed by atoms with E-state index >= 15 is 0 Å². The van der Waals surface area contributed by atoms with Crippen molar-refractivity contribution < 1.29 is 4.74 Å². The Bertz CT molecular complexity index is 157. The Balaban J connectivity index is 2.48. The lowest BCUT2D eigenvalue weighted by Gasteiger charge is -2.40. The molecule has 1 saturated heterocycles. The number of ether oxygens (including phenoxy) is 1. The second-order valence-electron chi connectivity index (χ2n) is 4.33. The number of nitrogens with two attached hydrogens (primary N) is 1. The van der Waals surface area contributed by atoms with Crippen molar-refractivity contribution in [3.63, 3.8) is 0 Å². The lowest BCUT2D eigenvalue weighted by atomic mass is 9.94. The van der Waals surface area contributed by atoms with E-state index in [9.17, 15) is 0 Å². The van der Waals surface area contributed by atoms with Crippen molar-refractivity contribution in [2.45, 2.75) is 38.8 Å². The van der Waals surface area contributed by atoms with Gasteiger partial charge in [-0.2, -0.15) is 0 Å². The topological polar surface area (TPSA) is 38.5 Å². The van der Waals surface area contributed by atoms with E-state index in [-0.39, 0.29) is 0 Å². The molecule has 2 N–H and O–H groups in total. The van der Waals surface area contributed by atoms with Crippen LogP contribution < -0.4 is 5.73 Å². The molecule has 0 spiro atoms. The predicted octanol–water partition coefficient (Wildman–Crippen LogP) is 1.08. The molecule has 0 radical (unpaired) electrons. The molecule has 84 valence electrons. The Morgan fingerprint density at radius 2 is 2.29 bits per heavy atom. The zero-order valence-corrected chi connectivity index (χ0v) is 9.70. The largest absolute Gasteiger partial charge is 0.380 e. The summed E-state index contributed by atoms with van der Waals surface area (Å²) in [5, 5.41) is 0. The molecular formula is C11H24N2O. The molecule has 14 heavy (non-hydrogen) atoms. The minimum Gasteiger partial charge on any atom is -0.380 e. The van der Waals surface area contributed by atoms with Crippen LogP contribution in [0.3, 0.4) is 0 Å². The molecular weight excluding hydrogens is 176 g/mol. The lowest BCUT2D eigenvalue weighted by Crippen LogP contribution is -2.50. The van der Waals surface area contributed by atoms with E-state index in [1.807, 2.05) is 7.11 Å². The van der Waals surface area contributed by atoms with Gasteiger partial charge in [0.2, 0.25) is 0 Å². The summed E-state index contributed by atoms with van der Waals surface area (Å²) in [6.07, 6.45) is 2.76. The lowest BCUT2D eigenvalue weighted by molar-refractivity contribution is -0.0183. The fourth-order valence-corrected chi connectivity index (χ4v) is 2.27. The molecule has 0 amide bonds. The molecule has 3 atom stereocenters. The second kappa shape index (κ2) is 5.69. The second-order valence-corrected chi connectivity index (χ2v) is 4.33. The van der Waals surface area contributed by atoms with E-state index in [1.54, 1.807) is 0 Å². The van der Waals surface area contributed by atoms with Crippen molar-refractivity contribution in [2.24, 2.45) is 11.7 Å². The first-order valence-electron chi connectivity index (χ1n) is 5.69. The fraction of sp³-hybridized carbons (Fsp3) is 1.00. The maximum Gasteiger partial charge on any atom is 0.0724 e. The van der Waals surface area contributed by atoms with Gasteiger partial charge in [0.25, 0.3) is 0 Å². The van der Waals surface area contributed by atoms with Gasteiger partial charge in [0, 0.05) is 26.2 Å². The summed E-state index contributed by atoms with van der Waals surface area (Å²) in [7, 11) is 1.81. The van der Waals surface area contributed by atoms with Gasteiger partial charge < -0.3 is 10.5 Å². The summed E-state index contributed by atoms with van der Waals surface area (Å²) >= 11 is 0. The van der Waals surface area contributed by atoms with Crippen molar-refractivity contribution in [3.05, 3.63) is 0 Å². The molecule has 0 aromatic heterocycles. The van der Waals surface area contributed by atoms with E-state index in [1.165, 1.54) is 13.0 Å². The highest BCUT2D eigenvalue weighted by Gasteiger charge is 2.28. The number of likely N-dealkylation sites (tertiary alicyclic amines) is 1. The molecule has 0 aromatic carbocycles. The summed E-state index contributed by atoms with van der Waals surface area (Å²) < 4.78 is 5.49. The summed E-state index contributed by atoms with van der Waals surface area (Å²) in [5.41, 5.74) is 5.75. The van der Waals surface area contributed by atoms with Crippen LogP contribution in [0.5, 0.6) is 0 Å². The van der Waals surface area contributed by atoms with Crippen molar-refractivity contribution in [1.29, 1.82) is 0 Å². The van der Waals surface area contributed by atoms with E-state index < -0.39 is 0 Å². The van der Waals surface area contributed by atoms with Crippen LogP contribution in [0, 0.1) is 5.92 Å². The highest BCUT2D eigenvalue weighted by atomic mass is 16.5. The van der Waals surface area contributed by atoms with E-state index in [2.05, 4.69) is 18.7 Å². The van der Waals surface area contributed by atoms with Crippen molar-refractivity contribution in [1.82, 2.24) is 4.90 Å². The van der Waals surface area contributed by atoms with E-state index in [0.29, 0.717) is 18.1 Å². The first-order valence-corrected chi connectivity index (χ1v) is 5.69. The maximum atomic E-state index is 5.75. The Hall–Kier alpha value is -0.120. The molecule has 3 heteroatoms. The van der Waals surface area contributed by atoms with Gasteiger partial charge >= 0.3 is 0 Å². The molecule has 1 aliphatic rings. The van der Waals surface area contributed by atoms with Crippen LogP contribution in [0.4, 0.5) is 0 Å². The third-order valence-corrected chi connectivity index (χ3v) is 3.48. The van der Waals surface area contributed by atoms with E-state index in [0.717, 1.165) is 19.5 Å². The molecule has 1 fully saturated rings. The quantitative estimate of drug-likeness (QED) is 0.738. The molecule has 0 aliphatic carbocycles. The van der Waals surface area contributed by atoms with Gasteiger partial charge in [-0.15, -0.1) is 0 Å². The van der Waals surface area contributed by atoms with Gasteiger partial charge in [-0.25, -0.2) is 0 Å². The zero-order valence-electron chi connectivity index (χ0n) is 9.70. The van der Waals surface area contributed by atoms with Crippen LogP contribution >= 0.6 is 0 Å². The van der Waals surface area contributed by atoms with Gasteiger partial charge in [0.1, 0.15) is 0 Å². The number of piperidine rings is 1. The van der Waals surface area contributed by atoms with Crippen LogP contribution in [0.2, 0.25) is 0 Å². The molecule has 0 bridgehead atoms. The van der Waals surface area contributed by atoms with Gasteiger partial charge in [-0.1, -0.05) is 13.8 Å². The summed E-state index contributed by atoms with van der Waals surface area (Å²) in [6.45, 7) is 7.47. The Morgan fingerprint density at radius 3 is 2.79 bits per heavy atom. The van der Waals surface area contributed by atoms with Crippen molar-refractivity contribution in [3.8, 4) is 0 Å². The van der Waals surface area contributed by atoms with Gasteiger partial charge in [-0.3, -0.25) is 4.90 Å². The highest BCUT2D eigenvalue weighted by Crippen LogP contribution is 2.21. The molecule has 0 aromatic rings. The molecule has 0 saturated carbocycles. The smallest absolute Gasteiger partial charge is 0.0724 e. The number of rotatable bonds is 4. The standard InChI is InChI=1S/C11H24N2O/c1-4-10(7-12)13-6-5-9(2)11(8-13)14-3/h9-11H,4-8,12H2,1-3H3. The third kappa shape index (κ3) is 2.69. The normalized spacial score (nSPS) is 31.7. The number of methoxy groups -OCH3 is 1. The monoisotopic (exact) mass is 200 g/mol. The summed E-state index contributed by atoms with van der Waals surface area (Å²) in [6, 6.07) is 0.542. The summed E-state index contributed by atoms with van der Waals surface area (Å²) in [5.74, 6) is 0.687. The molecule has 1 heterocycles. The van der Waals surface area contributed by atoms with Crippen molar-refractivity contribution in [2.75, 3.05) is 26.7 Å². The SMILES string of the molecule is CCC(CN)N1CCC(C)C(OC)C1. The van der Waals surface area contributed by atoms with E-state index in [4.69, 9.17) is 10.5 Å². The zero-order chi connectivity index (χ0) is 10.6. The average molecular weight is 200 g/mol. The number of hydrogen-bond acceptors (Lipinski definition) is 3. The van der Waals surface area contributed by atoms with Gasteiger partial charge in [-0.05, 0) is 25.3 Å². The average Bonchev–Trinajstić information content (AvgIpc) is 2.22. The molecule has 1 aliphatic heterocycles. The first kappa shape index (κ1) is 12.0. The Kier molecular flexibility index (Phi) is 4.85. The van der Waals surface area contributed by atoms with Crippen LogP contribution in [0.1, 0.15) is 26.7 Å². The molecule has 3 nitrogen and oxygen atoms in total. The first-order chi connectivity index (χ1) is 6.72. The van der Waals surface area contributed by atoms with Gasteiger partial charge in [0.05, 0.1) is 6.10 Å². The Morgan fingerprint density at radius 1 is 1.57 bits per heavy atom. The minimum atomic E-state index is 0.393. The molecule has 1 rings (SSSR count). The van der Waals surface area contributed by atoms with Gasteiger partial charge in [0.15, 0.2) is 0 Å². The third-order valence-electron chi connectivity index (χ3n) is 3.48. The van der Waals surface area contributed by atoms with Crippen LogP contribution in [0.25, 0.3) is 0 Å². The van der Waals surface area contributed by atoms with Crippen LogP contribution in [0.15, 0.2) is 0 Å². The van der Waals surface area contributed by atoms with Crippen LogP contribution in [-0.2, 0) is 4.74 Å². The number of hydrogen-bond donors (Lipinski definition) is 1. The summed E-state index contributed by atoms with van der Waals surface area (Å²) in [4.78, 5) is 2.48. The fourth-order valence-electron chi connectivity index (χ4n) is 2.27. The minimum absolute atomic E-state index is 0.393. The molecule has 3 unspecified atom stereocenters. The van der Waals surface area contributed by atoms with Crippen LogP contribution in [-0.4, -0.2) is 43.8 Å². The highest BCUT2D eigenvalue weighted by molar-refractivity contribution is 4.82. The van der Waals surface area contributed by atoms with Crippen molar-refractivity contribution >= 4 is 0 Å².